The fourth-order valence-electron chi connectivity index (χ4n) is 3.63. The maximum absolute atomic E-state index is 12.3. The average Bonchev–Trinajstić information content (AvgIpc) is 2.70. The largest absolute Gasteiger partial charge is 0.326 e. The van der Waals surface area contributed by atoms with E-state index < -0.39 is 0 Å². The van der Waals surface area contributed by atoms with Crippen molar-refractivity contribution in [1.82, 2.24) is 0 Å². The van der Waals surface area contributed by atoms with E-state index in [0.29, 0.717) is 6.42 Å². The van der Waals surface area contributed by atoms with Gasteiger partial charge in [-0.05, 0) is 43.7 Å². The summed E-state index contributed by atoms with van der Waals surface area (Å²) in [6, 6.07) is 8.31. The second-order valence-corrected chi connectivity index (χ2v) is 8.03. The van der Waals surface area contributed by atoms with Gasteiger partial charge >= 0.3 is 0 Å². The van der Waals surface area contributed by atoms with Crippen molar-refractivity contribution < 1.29 is 4.79 Å². The third-order valence-electron chi connectivity index (χ3n) is 5.40. The molecule has 0 aromatic heterocycles. The van der Waals surface area contributed by atoms with Crippen LogP contribution in [-0.4, -0.2) is 5.91 Å². The van der Waals surface area contributed by atoms with Crippen LogP contribution in [0, 0.1) is 0 Å². The van der Waals surface area contributed by atoms with Crippen molar-refractivity contribution in [1.29, 1.82) is 0 Å². The van der Waals surface area contributed by atoms with E-state index in [1.807, 2.05) is 18.2 Å². The first-order chi connectivity index (χ1) is 13.8. The third kappa shape index (κ3) is 12.8. The van der Waals surface area contributed by atoms with E-state index in [-0.39, 0.29) is 5.91 Å². The Morgan fingerprint density at radius 3 is 2.18 bits per heavy atom. The van der Waals surface area contributed by atoms with Crippen LogP contribution in [0.3, 0.4) is 0 Å². The fraction of sp³-hybridized carbons (Fsp3) is 0.654. The first-order valence-corrected chi connectivity index (χ1v) is 11.8. The van der Waals surface area contributed by atoms with Gasteiger partial charge < -0.3 is 5.32 Å². The maximum Gasteiger partial charge on any atom is 0.224 e. The Kier molecular flexibility index (Phi) is 15.3. The van der Waals surface area contributed by atoms with Gasteiger partial charge in [0.25, 0.3) is 0 Å². The molecular formula is C26H43NO. The lowest BCUT2D eigenvalue weighted by Gasteiger charge is -2.11. The lowest BCUT2D eigenvalue weighted by atomic mass is 10.0. The molecule has 1 amide bonds. The first-order valence-electron chi connectivity index (χ1n) is 11.8. The average molecular weight is 386 g/mol. The maximum atomic E-state index is 12.3. The van der Waals surface area contributed by atoms with E-state index in [4.69, 9.17) is 0 Å². The van der Waals surface area contributed by atoms with Crippen LogP contribution in [0.25, 0.3) is 0 Å². The quantitative estimate of drug-likeness (QED) is 0.200. The summed E-state index contributed by atoms with van der Waals surface area (Å²) in [7, 11) is 0. The Morgan fingerprint density at radius 2 is 1.46 bits per heavy atom. The summed E-state index contributed by atoms with van der Waals surface area (Å²) in [6.07, 6.45) is 21.3. The number of allylic oxidation sites excluding steroid dienone is 1. The molecule has 0 atom stereocenters. The molecule has 1 aromatic carbocycles. The van der Waals surface area contributed by atoms with Crippen LogP contribution in [-0.2, 0) is 11.2 Å². The minimum absolute atomic E-state index is 0.168. The number of nitrogens with one attached hydrogen (secondary N) is 1. The molecule has 0 saturated carbocycles. The second kappa shape index (κ2) is 17.5. The summed E-state index contributed by atoms with van der Waals surface area (Å²) in [6.45, 7) is 6.02. The van der Waals surface area contributed by atoms with Crippen molar-refractivity contribution in [3.8, 4) is 0 Å². The molecule has 0 fully saturated rings. The zero-order valence-electron chi connectivity index (χ0n) is 18.3. The number of anilines is 1. The Balaban J connectivity index is 2.17. The molecule has 0 bridgehead atoms. The lowest BCUT2D eigenvalue weighted by molar-refractivity contribution is -0.116. The third-order valence-corrected chi connectivity index (χ3v) is 5.40. The van der Waals surface area contributed by atoms with Gasteiger partial charge in [0, 0.05) is 12.1 Å². The molecule has 1 N–H and O–H groups in total. The Bertz CT molecular complexity index is 523. The zero-order valence-corrected chi connectivity index (χ0v) is 18.3. The number of benzene rings is 1. The second-order valence-electron chi connectivity index (χ2n) is 8.03. The van der Waals surface area contributed by atoms with Crippen LogP contribution in [0.5, 0.6) is 0 Å². The minimum Gasteiger partial charge on any atom is -0.326 e. The number of rotatable bonds is 18. The van der Waals surface area contributed by atoms with Gasteiger partial charge in [0.2, 0.25) is 5.91 Å². The topological polar surface area (TPSA) is 29.1 Å². The van der Waals surface area contributed by atoms with Gasteiger partial charge in [-0.2, -0.15) is 0 Å². The molecule has 2 heteroatoms. The van der Waals surface area contributed by atoms with E-state index in [0.717, 1.165) is 31.4 Å². The number of hydrogen-bond donors (Lipinski definition) is 1. The van der Waals surface area contributed by atoms with Crippen LogP contribution < -0.4 is 5.32 Å². The molecule has 0 heterocycles. The van der Waals surface area contributed by atoms with Gasteiger partial charge in [0.1, 0.15) is 0 Å². The molecular weight excluding hydrogens is 342 g/mol. The van der Waals surface area contributed by atoms with Gasteiger partial charge in [-0.25, -0.2) is 0 Å². The normalized spacial score (nSPS) is 10.8. The van der Waals surface area contributed by atoms with Crippen molar-refractivity contribution >= 4 is 11.6 Å². The molecule has 2 nitrogen and oxygen atoms in total. The zero-order chi connectivity index (χ0) is 20.3. The van der Waals surface area contributed by atoms with Gasteiger partial charge in [-0.1, -0.05) is 95.4 Å². The molecule has 0 saturated heterocycles. The summed E-state index contributed by atoms with van der Waals surface area (Å²) in [5, 5.41) is 3.15. The standard InChI is InChI=1S/C26H43NO/c1-3-5-7-9-11-12-13-15-17-23-26(28)27-25-22-19-18-21-24(25)20-16-14-10-8-6-4-2/h3,18-19,21-22H,1,4-17,20,23H2,2H3,(H,27,28). The minimum atomic E-state index is 0.168. The van der Waals surface area contributed by atoms with Crippen molar-refractivity contribution in [2.24, 2.45) is 0 Å². The van der Waals surface area contributed by atoms with Crippen molar-refractivity contribution in [2.75, 3.05) is 5.32 Å². The fourth-order valence-corrected chi connectivity index (χ4v) is 3.63. The first kappa shape index (κ1) is 24.5. The number of unbranched alkanes of at least 4 members (excludes halogenated alkanes) is 12. The number of carbonyl (C=O) groups is 1. The van der Waals surface area contributed by atoms with Crippen molar-refractivity contribution in [3.63, 3.8) is 0 Å². The smallest absolute Gasteiger partial charge is 0.224 e. The van der Waals surface area contributed by atoms with Crippen LogP contribution >= 0.6 is 0 Å². The van der Waals surface area contributed by atoms with Crippen LogP contribution in [0.2, 0.25) is 0 Å². The molecule has 1 rings (SSSR count). The summed E-state index contributed by atoms with van der Waals surface area (Å²) in [4.78, 5) is 12.3. The van der Waals surface area contributed by atoms with Gasteiger partial charge in [-0.15, -0.1) is 6.58 Å². The van der Waals surface area contributed by atoms with Crippen LogP contribution in [0.1, 0.15) is 109 Å². The predicted octanol–water partition coefficient (Wildman–Crippen LogP) is 8.23. The van der Waals surface area contributed by atoms with E-state index in [1.54, 1.807) is 0 Å². The summed E-state index contributed by atoms with van der Waals surface area (Å²) in [5.74, 6) is 0.168. The number of hydrogen-bond acceptors (Lipinski definition) is 1. The molecule has 0 spiro atoms. The number of amides is 1. The van der Waals surface area contributed by atoms with Crippen molar-refractivity contribution in [3.05, 3.63) is 42.5 Å². The molecule has 0 radical (unpaired) electrons. The summed E-state index contributed by atoms with van der Waals surface area (Å²) >= 11 is 0. The van der Waals surface area contributed by atoms with Gasteiger partial charge in [-0.3, -0.25) is 4.79 Å². The van der Waals surface area contributed by atoms with E-state index in [1.165, 1.54) is 76.2 Å². The molecule has 0 aliphatic carbocycles. The highest BCUT2D eigenvalue weighted by atomic mass is 16.1. The van der Waals surface area contributed by atoms with Gasteiger partial charge in [0.15, 0.2) is 0 Å². The highest BCUT2D eigenvalue weighted by Crippen LogP contribution is 2.19. The molecule has 0 unspecified atom stereocenters. The highest BCUT2D eigenvalue weighted by molar-refractivity contribution is 5.91. The van der Waals surface area contributed by atoms with Crippen molar-refractivity contribution in [2.45, 2.75) is 110 Å². The highest BCUT2D eigenvalue weighted by Gasteiger charge is 2.06. The number of aryl methyl sites for hydroxylation is 1. The van der Waals surface area contributed by atoms with E-state index >= 15 is 0 Å². The van der Waals surface area contributed by atoms with Crippen LogP contribution in [0.4, 0.5) is 5.69 Å². The monoisotopic (exact) mass is 385 g/mol. The van der Waals surface area contributed by atoms with E-state index in [9.17, 15) is 4.79 Å². The summed E-state index contributed by atoms with van der Waals surface area (Å²) in [5.41, 5.74) is 2.30. The summed E-state index contributed by atoms with van der Waals surface area (Å²) < 4.78 is 0. The molecule has 158 valence electrons. The van der Waals surface area contributed by atoms with E-state index in [2.05, 4.69) is 31.0 Å². The van der Waals surface area contributed by atoms with Gasteiger partial charge in [0.05, 0.1) is 0 Å². The Labute approximate surface area is 174 Å². The number of para-hydroxylation sites is 1. The lowest BCUT2D eigenvalue weighted by Crippen LogP contribution is -2.12. The molecule has 28 heavy (non-hydrogen) atoms. The molecule has 1 aromatic rings. The molecule has 0 aliphatic heterocycles. The number of carbonyl (C=O) groups excluding carboxylic acids is 1. The molecule has 0 aliphatic rings. The Morgan fingerprint density at radius 1 is 0.857 bits per heavy atom. The Hall–Kier alpha value is -1.57. The SMILES string of the molecule is C=CCCCCCCCCCC(=O)Nc1ccccc1CCCCCCCC. The van der Waals surface area contributed by atoms with Crippen LogP contribution in [0.15, 0.2) is 36.9 Å². The predicted molar refractivity (Wildman–Crippen MR) is 124 cm³/mol.